The van der Waals surface area contributed by atoms with E-state index in [2.05, 4.69) is 44.5 Å². The summed E-state index contributed by atoms with van der Waals surface area (Å²) in [6.45, 7) is 5.23. The Balaban J connectivity index is 2.45. The lowest BCUT2D eigenvalue weighted by molar-refractivity contribution is 0.415. The molecule has 1 aromatic heterocycles. The second-order valence-electron chi connectivity index (χ2n) is 4.55. The quantitative estimate of drug-likeness (QED) is 0.869. The Labute approximate surface area is 115 Å². The fourth-order valence-corrected chi connectivity index (χ4v) is 2.18. The highest BCUT2D eigenvalue weighted by Crippen LogP contribution is 2.31. The van der Waals surface area contributed by atoms with Crippen LogP contribution in [0.15, 0.2) is 29.0 Å². The molecule has 0 atom stereocenters. The van der Waals surface area contributed by atoms with Gasteiger partial charge in [0.25, 0.3) is 0 Å². The van der Waals surface area contributed by atoms with Crippen LogP contribution in [0.4, 0.5) is 0 Å². The minimum atomic E-state index is 0.543. The standard InChI is InChI=1S/C13H16BrN3O/c1-9(2)7-17-8-15-16-13(17)11-5-4-10(14)6-12(11)18-3/h4-6,8-9H,7H2,1-3H3. The number of ether oxygens (including phenoxy) is 1. The van der Waals surface area contributed by atoms with Gasteiger partial charge < -0.3 is 9.30 Å². The number of aromatic nitrogens is 3. The molecule has 4 nitrogen and oxygen atoms in total. The topological polar surface area (TPSA) is 39.9 Å². The molecular weight excluding hydrogens is 294 g/mol. The molecule has 0 aliphatic rings. The molecule has 0 spiro atoms. The maximum Gasteiger partial charge on any atom is 0.167 e. The lowest BCUT2D eigenvalue weighted by atomic mass is 10.1. The van der Waals surface area contributed by atoms with Crippen molar-refractivity contribution in [3.05, 3.63) is 29.0 Å². The molecule has 0 saturated carbocycles. The van der Waals surface area contributed by atoms with E-state index >= 15 is 0 Å². The summed E-state index contributed by atoms with van der Waals surface area (Å²) in [4.78, 5) is 0. The molecule has 5 heteroatoms. The van der Waals surface area contributed by atoms with Gasteiger partial charge in [0.15, 0.2) is 5.82 Å². The Morgan fingerprint density at radius 1 is 1.39 bits per heavy atom. The molecular formula is C13H16BrN3O. The van der Waals surface area contributed by atoms with Gasteiger partial charge in [-0.15, -0.1) is 10.2 Å². The van der Waals surface area contributed by atoms with Crippen molar-refractivity contribution < 1.29 is 4.74 Å². The zero-order valence-electron chi connectivity index (χ0n) is 10.7. The van der Waals surface area contributed by atoms with Crippen LogP contribution in [0.5, 0.6) is 5.75 Å². The van der Waals surface area contributed by atoms with Crippen molar-refractivity contribution in [2.75, 3.05) is 7.11 Å². The van der Waals surface area contributed by atoms with Gasteiger partial charge >= 0.3 is 0 Å². The predicted molar refractivity (Wildman–Crippen MR) is 74.5 cm³/mol. The highest BCUT2D eigenvalue weighted by atomic mass is 79.9. The Bertz CT molecular complexity index is 537. The highest BCUT2D eigenvalue weighted by molar-refractivity contribution is 9.10. The lowest BCUT2D eigenvalue weighted by Crippen LogP contribution is -2.05. The molecule has 2 rings (SSSR count). The molecule has 18 heavy (non-hydrogen) atoms. The second-order valence-corrected chi connectivity index (χ2v) is 5.46. The van der Waals surface area contributed by atoms with Crippen LogP contribution in [-0.2, 0) is 6.54 Å². The summed E-state index contributed by atoms with van der Waals surface area (Å²) in [5.41, 5.74) is 0.957. The third-order valence-corrected chi connectivity index (χ3v) is 3.08. The summed E-state index contributed by atoms with van der Waals surface area (Å²) < 4.78 is 8.44. The number of methoxy groups -OCH3 is 1. The van der Waals surface area contributed by atoms with Gasteiger partial charge in [0.1, 0.15) is 12.1 Å². The SMILES string of the molecule is COc1cc(Br)ccc1-c1nncn1CC(C)C. The van der Waals surface area contributed by atoms with Crippen LogP contribution in [0, 0.1) is 5.92 Å². The molecule has 96 valence electrons. The number of benzene rings is 1. The van der Waals surface area contributed by atoms with Gasteiger partial charge in [0, 0.05) is 11.0 Å². The fourth-order valence-electron chi connectivity index (χ4n) is 1.84. The largest absolute Gasteiger partial charge is 0.496 e. The van der Waals surface area contributed by atoms with Gasteiger partial charge in [0.2, 0.25) is 0 Å². The maximum atomic E-state index is 5.40. The van der Waals surface area contributed by atoms with E-state index in [-0.39, 0.29) is 0 Å². The molecule has 1 aromatic carbocycles. The predicted octanol–water partition coefficient (Wildman–Crippen LogP) is 3.37. The van der Waals surface area contributed by atoms with Crippen LogP contribution < -0.4 is 4.74 Å². The second kappa shape index (κ2) is 5.52. The van der Waals surface area contributed by atoms with E-state index in [9.17, 15) is 0 Å². The number of halogens is 1. The summed E-state index contributed by atoms with van der Waals surface area (Å²) in [6, 6.07) is 5.90. The Hall–Kier alpha value is -1.36. The van der Waals surface area contributed by atoms with E-state index in [1.807, 2.05) is 18.2 Å². The van der Waals surface area contributed by atoms with Crippen LogP contribution in [0.25, 0.3) is 11.4 Å². The van der Waals surface area contributed by atoms with Crippen LogP contribution >= 0.6 is 15.9 Å². The normalized spacial score (nSPS) is 10.9. The summed E-state index contributed by atoms with van der Waals surface area (Å²) >= 11 is 3.44. The fraction of sp³-hybridized carbons (Fsp3) is 0.385. The van der Waals surface area contributed by atoms with Gasteiger partial charge in [0.05, 0.1) is 12.7 Å². The van der Waals surface area contributed by atoms with Crippen molar-refractivity contribution >= 4 is 15.9 Å². The third kappa shape index (κ3) is 2.72. The smallest absolute Gasteiger partial charge is 0.167 e. The number of hydrogen-bond donors (Lipinski definition) is 0. The summed E-state index contributed by atoms with van der Waals surface area (Å²) in [5.74, 6) is 2.18. The molecule has 0 amide bonds. The van der Waals surface area contributed by atoms with E-state index < -0.39 is 0 Å². The summed E-state index contributed by atoms with van der Waals surface area (Å²) in [7, 11) is 1.66. The van der Waals surface area contributed by atoms with E-state index in [1.54, 1.807) is 13.4 Å². The lowest BCUT2D eigenvalue weighted by Gasteiger charge is -2.12. The Morgan fingerprint density at radius 2 is 2.17 bits per heavy atom. The van der Waals surface area contributed by atoms with Crippen LogP contribution in [-0.4, -0.2) is 21.9 Å². The van der Waals surface area contributed by atoms with Crippen molar-refractivity contribution in [2.45, 2.75) is 20.4 Å². The van der Waals surface area contributed by atoms with Gasteiger partial charge in [-0.3, -0.25) is 0 Å². The zero-order chi connectivity index (χ0) is 13.1. The van der Waals surface area contributed by atoms with Crippen molar-refractivity contribution in [3.8, 4) is 17.1 Å². The molecule has 2 aromatic rings. The monoisotopic (exact) mass is 309 g/mol. The van der Waals surface area contributed by atoms with Crippen molar-refractivity contribution in [3.63, 3.8) is 0 Å². The summed E-state index contributed by atoms with van der Waals surface area (Å²) in [6.07, 6.45) is 1.76. The van der Waals surface area contributed by atoms with E-state index in [4.69, 9.17) is 4.74 Å². The molecule has 0 saturated heterocycles. The highest BCUT2D eigenvalue weighted by Gasteiger charge is 2.13. The van der Waals surface area contributed by atoms with Crippen molar-refractivity contribution in [1.82, 2.24) is 14.8 Å². The average Bonchev–Trinajstić information content (AvgIpc) is 2.76. The molecule has 0 N–H and O–H groups in total. The third-order valence-electron chi connectivity index (χ3n) is 2.58. The van der Waals surface area contributed by atoms with Gasteiger partial charge in [-0.2, -0.15) is 0 Å². The van der Waals surface area contributed by atoms with Crippen LogP contribution in [0.3, 0.4) is 0 Å². The van der Waals surface area contributed by atoms with E-state index in [1.165, 1.54) is 0 Å². The van der Waals surface area contributed by atoms with Gasteiger partial charge in [-0.25, -0.2) is 0 Å². The number of nitrogens with zero attached hydrogens (tertiary/aromatic N) is 3. The van der Waals surface area contributed by atoms with E-state index in [0.29, 0.717) is 5.92 Å². The minimum absolute atomic E-state index is 0.543. The van der Waals surface area contributed by atoms with Gasteiger partial charge in [-0.1, -0.05) is 29.8 Å². The molecule has 0 fully saturated rings. The number of rotatable bonds is 4. The molecule has 0 bridgehead atoms. The molecule has 0 aliphatic heterocycles. The first-order valence-electron chi connectivity index (χ1n) is 5.83. The summed E-state index contributed by atoms with van der Waals surface area (Å²) in [5, 5.41) is 8.19. The first-order valence-corrected chi connectivity index (χ1v) is 6.63. The minimum Gasteiger partial charge on any atom is -0.496 e. The molecule has 0 aliphatic carbocycles. The number of hydrogen-bond acceptors (Lipinski definition) is 3. The van der Waals surface area contributed by atoms with Crippen molar-refractivity contribution in [1.29, 1.82) is 0 Å². The molecule has 1 heterocycles. The van der Waals surface area contributed by atoms with Crippen molar-refractivity contribution in [2.24, 2.45) is 5.92 Å². The Kier molecular flexibility index (Phi) is 4.01. The maximum absolute atomic E-state index is 5.40. The first-order chi connectivity index (χ1) is 8.61. The molecule has 0 radical (unpaired) electrons. The Morgan fingerprint density at radius 3 is 2.83 bits per heavy atom. The van der Waals surface area contributed by atoms with Crippen LogP contribution in [0.2, 0.25) is 0 Å². The van der Waals surface area contributed by atoms with Gasteiger partial charge in [-0.05, 0) is 24.1 Å². The van der Waals surface area contributed by atoms with Crippen LogP contribution in [0.1, 0.15) is 13.8 Å². The average molecular weight is 310 g/mol. The first kappa shape index (κ1) is 13.1. The molecule has 0 unspecified atom stereocenters. The van der Waals surface area contributed by atoms with E-state index in [0.717, 1.165) is 28.2 Å². The zero-order valence-corrected chi connectivity index (χ0v) is 12.3.